The lowest BCUT2D eigenvalue weighted by Gasteiger charge is -2.31. The van der Waals surface area contributed by atoms with Gasteiger partial charge in [0.2, 0.25) is 5.91 Å². The smallest absolute Gasteiger partial charge is 0.315 e. The molecule has 1 aromatic heterocycles. The minimum atomic E-state index is -0.309. The van der Waals surface area contributed by atoms with Crippen LogP contribution in [0.15, 0.2) is 22.8 Å². The molecule has 1 aliphatic rings. The first-order valence-corrected chi connectivity index (χ1v) is 7.63. The Balaban J connectivity index is 1.66. The molecule has 0 saturated carbocycles. The van der Waals surface area contributed by atoms with Gasteiger partial charge in [-0.15, -0.1) is 0 Å². The van der Waals surface area contributed by atoms with Gasteiger partial charge in [-0.25, -0.2) is 4.79 Å². The molecule has 7 nitrogen and oxygen atoms in total. The first-order chi connectivity index (χ1) is 10.5. The van der Waals surface area contributed by atoms with Crippen molar-refractivity contribution in [2.75, 3.05) is 19.6 Å². The number of hydrogen-bond acceptors (Lipinski definition) is 4. The van der Waals surface area contributed by atoms with Gasteiger partial charge in [-0.05, 0) is 31.9 Å². The highest BCUT2D eigenvalue weighted by Crippen LogP contribution is 2.10. The second-order valence-electron chi connectivity index (χ2n) is 5.82. The van der Waals surface area contributed by atoms with Crippen molar-refractivity contribution < 1.29 is 14.0 Å². The number of rotatable bonds is 6. The van der Waals surface area contributed by atoms with Gasteiger partial charge in [-0.2, -0.15) is 0 Å². The SMILES string of the molecule is CC(Cc1ccco1)NC(=O)NC1CCN(CC(N)=O)CC1. The fourth-order valence-electron chi connectivity index (χ4n) is 2.69. The molecular weight excluding hydrogens is 284 g/mol. The number of likely N-dealkylation sites (tertiary alicyclic amines) is 1. The summed E-state index contributed by atoms with van der Waals surface area (Å²) in [5, 5.41) is 5.89. The molecule has 1 fully saturated rings. The molecule has 0 bridgehead atoms. The minimum absolute atomic E-state index is 0.00102. The Kier molecular flexibility index (Phi) is 5.83. The highest BCUT2D eigenvalue weighted by Gasteiger charge is 2.21. The Labute approximate surface area is 130 Å². The van der Waals surface area contributed by atoms with E-state index in [1.807, 2.05) is 24.0 Å². The van der Waals surface area contributed by atoms with Gasteiger partial charge in [0.1, 0.15) is 5.76 Å². The van der Waals surface area contributed by atoms with Crippen LogP contribution in [0.1, 0.15) is 25.5 Å². The van der Waals surface area contributed by atoms with E-state index in [-0.39, 0.29) is 24.0 Å². The number of primary amides is 1. The highest BCUT2D eigenvalue weighted by atomic mass is 16.3. The van der Waals surface area contributed by atoms with Gasteiger partial charge in [0, 0.05) is 31.6 Å². The van der Waals surface area contributed by atoms with Crippen molar-refractivity contribution in [3.05, 3.63) is 24.2 Å². The van der Waals surface area contributed by atoms with Crippen LogP contribution >= 0.6 is 0 Å². The average Bonchev–Trinajstić information content (AvgIpc) is 2.93. The second kappa shape index (κ2) is 7.84. The van der Waals surface area contributed by atoms with Gasteiger partial charge in [0.15, 0.2) is 0 Å². The van der Waals surface area contributed by atoms with E-state index in [0.29, 0.717) is 13.0 Å². The lowest BCUT2D eigenvalue weighted by molar-refractivity contribution is -0.119. The molecule has 7 heteroatoms. The molecule has 122 valence electrons. The fraction of sp³-hybridized carbons (Fsp3) is 0.600. The van der Waals surface area contributed by atoms with Crippen LogP contribution in [0.25, 0.3) is 0 Å². The maximum Gasteiger partial charge on any atom is 0.315 e. The molecule has 1 atom stereocenters. The number of furan rings is 1. The van der Waals surface area contributed by atoms with Crippen molar-refractivity contribution >= 4 is 11.9 Å². The molecule has 0 radical (unpaired) electrons. The fourth-order valence-corrected chi connectivity index (χ4v) is 2.69. The molecule has 0 spiro atoms. The van der Waals surface area contributed by atoms with E-state index in [9.17, 15) is 9.59 Å². The largest absolute Gasteiger partial charge is 0.469 e. The topological polar surface area (TPSA) is 101 Å². The zero-order valence-electron chi connectivity index (χ0n) is 12.9. The van der Waals surface area contributed by atoms with Crippen molar-refractivity contribution in [2.45, 2.75) is 38.3 Å². The van der Waals surface area contributed by atoms with E-state index < -0.39 is 0 Å². The number of nitrogens with one attached hydrogen (secondary N) is 2. The van der Waals surface area contributed by atoms with Crippen LogP contribution in [-0.4, -0.2) is 48.6 Å². The molecule has 2 rings (SSSR count). The zero-order chi connectivity index (χ0) is 15.9. The molecular formula is C15H24N4O3. The molecule has 0 aromatic carbocycles. The number of urea groups is 1. The maximum atomic E-state index is 12.0. The molecule has 4 N–H and O–H groups in total. The number of amides is 3. The Morgan fingerprint density at radius 2 is 2.18 bits per heavy atom. The number of nitrogens with zero attached hydrogens (tertiary/aromatic N) is 1. The molecule has 1 aliphatic heterocycles. The van der Waals surface area contributed by atoms with E-state index in [1.165, 1.54) is 0 Å². The first-order valence-electron chi connectivity index (χ1n) is 7.63. The summed E-state index contributed by atoms with van der Waals surface area (Å²) in [6, 6.07) is 3.71. The van der Waals surface area contributed by atoms with E-state index in [4.69, 9.17) is 10.2 Å². The molecule has 1 aromatic rings. The van der Waals surface area contributed by atoms with Crippen LogP contribution in [0.3, 0.4) is 0 Å². The average molecular weight is 308 g/mol. The number of nitrogens with two attached hydrogens (primary N) is 1. The molecule has 3 amide bonds. The van der Waals surface area contributed by atoms with Crippen LogP contribution < -0.4 is 16.4 Å². The summed E-state index contributed by atoms with van der Waals surface area (Å²) in [6.07, 6.45) is 3.94. The number of carbonyl (C=O) groups excluding carboxylic acids is 2. The van der Waals surface area contributed by atoms with E-state index in [1.54, 1.807) is 6.26 Å². The van der Waals surface area contributed by atoms with Crippen LogP contribution in [0.5, 0.6) is 0 Å². The Morgan fingerprint density at radius 1 is 1.45 bits per heavy atom. The van der Waals surface area contributed by atoms with E-state index in [2.05, 4.69) is 10.6 Å². The highest BCUT2D eigenvalue weighted by molar-refractivity contribution is 5.76. The Morgan fingerprint density at radius 3 is 2.77 bits per heavy atom. The summed E-state index contributed by atoms with van der Waals surface area (Å²) in [6.45, 7) is 3.78. The summed E-state index contributed by atoms with van der Waals surface area (Å²) in [4.78, 5) is 24.9. The zero-order valence-corrected chi connectivity index (χ0v) is 12.9. The summed E-state index contributed by atoms with van der Waals surface area (Å²) >= 11 is 0. The molecule has 0 aliphatic carbocycles. The normalized spacial score (nSPS) is 17.9. The maximum absolute atomic E-state index is 12.0. The van der Waals surface area contributed by atoms with Gasteiger partial charge in [-0.3, -0.25) is 9.69 Å². The lowest BCUT2D eigenvalue weighted by atomic mass is 10.1. The molecule has 1 saturated heterocycles. The van der Waals surface area contributed by atoms with Gasteiger partial charge in [-0.1, -0.05) is 0 Å². The van der Waals surface area contributed by atoms with E-state index >= 15 is 0 Å². The Hall–Kier alpha value is -2.02. The van der Waals surface area contributed by atoms with Gasteiger partial charge in [0.25, 0.3) is 0 Å². The number of hydrogen-bond donors (Lipinski definition) is 3. The third-order valence-electron chi connectivity index (χ3n) is 3.77. The van der Waals surface area contributed by atoms with Crippen LogP contribution in [0, 0.1) is 0 Å². The van der Waals surface area contributed by atoms with Gasteiger partial charge < -0.3 is 20.8 Å². The van der Waals surface area contributed by atoms with Crippen molar-refractivity contribution in [1.82, 2.24) is 15.5 Å². The quantitative estimate of drug-likeness (QED) is 0.710. The van der Waals surface area contributed by atoms with Gasteiger partial charge in [0.05, 0.1) is 12.8 Å². The molecule has 1 unspecified atom stereocenters. The van der Waals surface area contributed by atoms with Crippen LogP contribution in [0.4, 0.5) is 4.79 Å². The Bertz CT molecular complexity index is 481. The van der Waals surface area contributed by atoms with Crippen LogP contribution in [0.2, 0.25) is 0 Å². The predicted molar refractivity (Wildman–Crippen MR) is 82.2 cm³/mol. The second-order valence-corrected chi connectivity index (χ2v) is 5.82. The summed E-state index contributed by atoms with van der Waals surface area (Å²) in [5.41, 5.74) is 5.18. The monoisotopic (exact) mass is 308 g/mol. The minimum Gasteiger partial charge on any atom is -0.469 e. The van der Waals surface area contributed by atoms with Crippen LogP contribution in [-0.2, 0) is 11.2 Å². The summed E-state index contributed by atoms with van der Waals surface area (Å²) in [7, 11) is 0. The molecule has 2 heterocycles. The lowest BCUT2D eigenvalue weighted by Crippen LogP contribution is -2.50. The standard InChI is InChI=1S/C15H24N4O3/c1-11(9-13-3-2-8-22-13)17-15(21)18-12-4-6-19(7-5-12)10-14(16)20/h2-3,8,11-12H,4-7,9-10H2,1H3,(H2,16,20)(H2,17,18,21). The third kappa shape index (κ3) is 5.40. The van der Waals surface area contributed by atoms with E-state index in [0.717, 1.165) is 31.7 Å². The van der Waals surface area contributed by atoms with Crippen molar-refractivity contribution in [2.24, 2.45) is 5.73 Å². The summed E-state index contributed by atoms with van der Waals surface area (Å²) < 4.78 is 5.26. The van der Waals surface area contributed by atoms with Crippen molar-refractivity contribution in [1.29, 1.82) is 0 Å². The number of carbonyl (C=O) groups is 2. The first kappa shape index (κ1) is 16.4. The van der Waals surface area contributed by atoms with Crippen molar-refractivity contribution in [3.8, 4) is 0 Å². The van der Waals surface area contributed by atoms with Crippen molar-refractivity contribution in [3.63, 3.8) is 0 Å². The van der Waals surface area contributed by atoms with Gasteiger partial charge >= 0.3 is 6.03 Å². The number of piperidine rings is 1. The third-order valence-corrected chi connectivity index (χ3v) is 3.77. The predicted octanol–water partition coefficient (Wildman–Crippen LogP) is 0.460. The summed E-state index contributed by atoms with van der Waals surface area (Å²) in [5.74, 6) is 0.545. The molecule has 22 heavy (non-hydrogen) atoms.